The van der Waals surface area contributed by atoms with Gasteiger partial charge in [0.2, 0.25) is 11.0 Å². The lowest BCUT2D eigenvalue weighted by atomic mass is 10.2. The zero-order valence-electron chi connectivity index (χ0n) is 15.5. The molecule has 160 valence electrons. The molecule has 0 N–H and O–H groups in total. The number of furan rings is 1. The van der Waals surface area contributed by atoms with E-state index in [1.54, 1.807) is 6.07 Å². The van der Waals surface area contributed by atoms with Crippen LogP contribution in [0.1, 0.15) is 18.6 Å². The second-order valence-electron chi connectivity index (χ2n) is 6.40. The lowest BCUT2D eigenvalue weighted by Gasteiger charge is -2.12. The number of thioether (sulfide) groups is 1. The van der Waals surface area contributed by atoms with E-state index in [0.29, 0.717) is 30.2 Å². The molecule has 0 atom stereocenters. The molecule has 1 saturated heterocycles. The Labute approximate surface area is 175 Å². The van der Waals surface area contributed by atoms with E-state index in [1.807, 2.05) is 0 Å². The maximum absolute atomic E-state index is 12.5. The van der Waals surface area contributed by atoms with Crippen LogP contribution < -0.4 is 4.74 Å². The van der Waals surface area contributed by atoms with E-state index in [2.05, 4.69) is 14.9 Å². The van der Waals surface area contributed by atoms with Gasteiger partial charge in [-0.1, -0.05) is 11.8 Å². The highest BCUT2D eigenvalue weighted by molar-refractivity contribution is 7.98. The van der Waals surface area contributed by atoms with Gasteiger partial charge < -0.3 is 13.6 Å². The molecule has 0 amide bonds. The first-order valence-corrected chi connectivity index (χ1v) is 11.4. The zero-order chi connectivity index (χ0) is 21.1. The first-order chi connectivity index (χ1) is 14.4. The summed E-state index contributed by atoms with van der Waals surface area (Å²) >= 11 is 1.19. The van der Waals surface area contributed by atoms with E-state index in [9.17, 15) is 17.2 Å². The Bertz CT molecular complexity index is 1090. The summed E-state index contributed by atoms with van der Waals surface area (Å²) in [5, 5.41) is 8.04. The number of hydrogen-bond acceptors (Lipinski definition) is 8. The lowest BCUT2D eigenvalue weighted by molar-refractivity contribution is -0.0498. The van der Waals surface area contributed by atoms with E-state index < -0.39 is 16.6 Å². The monoisotopic (exact) mass is 457 g/mol. The molecule has 30 heavy (non-hydrogen) atoms. The highest BCUT2D eigenvalue weighted by Crippen LogP contribution is 2.29. The van der Waals surface area contributed by atoms with Gasteiger partial charge in [-0.05, 0) is 49.2 Å². The minimum absolute atomic E-state index is 0.0281. The molecule has 0 bridgehead atoms. The topological polar surface area (TPSA) is 98.7 Å². The molecule has 0 aliphatic carbocycles. The van der Waals surface area contributed by atoms with Crippen molar-refractivity contribution in [3.8, 4) is 17.2 Å². The predicted molar refractivity (Wildman–Crippen MR) is 103 cm³/mol. The van der Waals surface area contributed by atoms with Crippen molar-refractivity contribution in [3.05, 3.63) is 42.2 Å². The number of halogens is 2. The Hall–Kier alpha value is -2.44. The third-order valence-corrected chi connectivity index (χ3v) is 6.98. The van der Waals surface area contributed by atoms with E-state index in [-0.39, 0.29) is 22.0 Å². The van der Waals surface area contributed by atoms with Crippen LogP contribution in [0.15, 0.2) is 55.5 Å². The number of hydrogen-bond donors (Lipinski definition) is 0. The molecule has 0 spiro atoms. The third-order valence-electron chi connectivity index (χ3n) is 4.37. The summed E-state index contributed by atoms with van der Waals surface area (Å²) in [7, 11) is -3.60. The largest absolute Gasteiger partial charge is 0.447 e. The smallest absolute Gasteiger partial charge is 0.387 e. The summed E-state index contributed by atoms with van der Waals surface area (Å²) in [6.45, 7) is -1.88. The van der Waals surface area contributed by atoms with Crippen LogP contribution >= 0.6 is 11.8 Å². The first-order valence-electron chi connectivity index (χ1n) is 9.02. The second-order valence-corrected chi connectivity index (χ2v) is 9.19. The SMILES string of the molecule is O=S(=O)(c1ccc(CSc2nnc(-c3ccc(OC(F)F)cc3)o2)o1)N1CCCC1. The van der Waals surface area contributed by atoms with Crippen LogP contribution in [0, 0.1) is 0 Å². The summed E-state index contributed by atoms with van der Waals surface area (Å²) in [5.74, 6) is 1.02. The third kappa shape index (κ3) is 4.65. The lowest BCUT2D eigenvalue weighted by Crippen LogP contribution is -2.27. The number of ether oxygens (including phenoxy) is 1. The molecule has 1 aliphatic heterocycles. The summed E-state index contributed by atoms with van der Waals surface area (Å²) < 4.78 is 66.2. The molecular weight excluding hydrogens is 440 g/mol. The normalized spacial score (nSPS) is 15.2. The molecule has 3 heterocycles. The number of benzene rings is 1. The Morgan fingerprint density at radius 3 is 2.50 bits per heavy atom. The Kier molecular flexibility index (Phi) is 6.06. The van der Waals surface area contributed by atoms with Crippen molar-refractivity contribution >= 4 is 21.8 Å². The summed E-state index contributed by atoms with van der Waals surface area (Å²) in [4.78, 5) is 0. The van der Waals surface area contributed by atoms with E-state index in [1.165, 1.54) is 46.4 Å². The fourth-order valence-corrected chi connectivity index (χ4v) is 5.03. The highest BCUT2D eigenvalue weighted by atomic mass is 32.2. The van der Waals surface area contributed by atoms with Crippen LogP contribution in [0.4, 0.5) is 8.78 Å². The molecule has 12 heteroatoms. The summed E-state index contributed by atoms with van der Waals surface area (Å²) in [5.41, 5.74) is 0.549. The second kappa shape index (κ2) is 8.74. The van der Waals surface area contributed by atoms with Crippen LogP contribution in [0.5, 0.6) is 5.75 Å². The molecule has 3 aromatic rings. The van der Waals surface area contributed by atoms with Crippen LogP contribution in [0.2, 0.25) is 0 Å². The number of nitrogens with zero attached hydrogens (tertiary/aromatic N) is 3. The van der Waals surface area contributed by atoms with Crippen LogP contribution in [0.3, 0.4) is 0 Å². The standard InChI is InChI=1S/C18H17F2N3O5S2/c19-17(20)27-13-5-3-12(4-6-13)16-21-22-18(28-16)29-11-14-7-8-15(26-14)30(24,25)23-9-1-2-10-23/h3-8,17H,1-2,9-11H2. The fraction of sp³-hybridized carbons (Fsp3) is 0.333. The predicted octanol–water partition coefficient (Wildman–Crippen LogP) is 4.01. The van der Waals surface area contributed by atoms with Crippen molar-refractivity contribution in [1.29, 1.82) is 0 Å². The van der Waals surface area contributed by atoms with Gasteiger partial charge in [0.25, 0.3) is 15.2 Å². The maximum atomic E-state index is 12.5. The van der Waals surface area contributed by atoms with Crippen LogP contribution in [-0.2, 0) is 15.8 Å². The van der Waals surface area contributed by atoms with Crippen LogP contribution in [0.25, 0.3) is 11.5 Å². The minimum Gasteiger partial charge on any atom is -0.447 e. The maximum Gasteiger partial charge on any atom is 0.387 e. The van der Waals surface area contributed by atoms with Gasteiger partial charge in [0, 0.05) is 18.7 Å². The Balaban J connectivity index is 1.37. The van der Waals surface area contributed by atoms with E-state index in [4.69, 9.17) is 8.83 Å². The number of alkyl halides is 2. The number of rotatable bonds is 8. The van der Waals surface area contributed by atoms with Crippen molar-refractivity contribution in [3.63, 3.8) is 0 Å². The highest BCUT2D eigenvalue weighted by Gasteiger charge is 2.30. The molecule has 0 saturated carbocycles. The van der Waals surface area contributed by atoms with Crippen molar-refractivity contribution in [1.82, 2.24) is 14.5 Å². The van der Waals surface area contributed by atoms with Crippen molar-refractivity contribution in [2.24, 2.45) is 0 Å². The van der Waals surface area contributed by atoms with Gasteiger partial charge >= 0.3 is 6.61 Å². The Morgan fingerprint density at radius 1 is 1.07 bits per heavy atom. The van der Waals surface area contributed by atoms with Gasteiger partial charge in [-0.15, -0.1) is 10.2 Å². The summed E-state index contributed by atoms with van der Waals surface area (Å²) in [6.07, 6.45) is 1.70. The van der Waals surface area contributed by atoms with Crippen molar-refractivity contribution < 1.29 is 30.8 Å². The number of aromatic nitrogens is 2. The van der Waals surface area contributed by atoms with Gasteiger partial charge in [-0.2, -0.15) is 13.1 Å². The molecule has 0 unspecified atom stereocenters. The average Bonchev–Trinajstić information content (AvgIpc) is 3.48. The quantitative estimate of drug-likeness (QED) is 0.468. The minimum atomic E-state index is -3.60. The molecule has 1 aliphatic rings. The van der Waals surface area contributed by atoms with Gasteiger partial charge in [0.1, 0.15) is 11.5 Å². The Morgan fingerprint density at radius 2 is 1.80 bits per heavy atom. The molecular formula is C18H17F2N3O5S2. The molecule has 1 fully saturated rings. The zero-order valence-corrected chi connectivity index (χ0v) is 17.2. The average molecular weight is 457 g/mol. The van der Waals surface area contributed by atoms with Crippen LogP contribution in [-0.4, -0.2) is 42.6 Å². The van der Waals surface area contributed by atoms with Gasteiger partial charge in [0.05, 0.1) is 5.75 Å². The molecule has 0 radical (unpaired) electrons. The van der Waals surface area contributed by atoms with E-state index >= 15 is 0 Å². The molecule has 2 aromatic heterocycles. The van der Waals surface area contributed by atoms with E-state index in [0.717, 1.165) is 12.8 Å². The van der Waals surface area contributed by atoms with Gasteiger partial charge in [0.15, 0.2) is 0 Å². The molecule has 1 aromatic carbocycles. The summed E-state index contributed by atoms with van der Waals surface area (Å²) in [6, 6.07) is 8.87. The van der Waals surface area contributed by atoms with Gasteiger partial charge in [-0.25, -0.2) is 8.42 Å². The van der Waals surface area contributed by atoms with Crippen molar-refractivity contribution in [2.75, 3.05) is 13.1 Å². The number of sulfonamides is 1. The van der Waals surface area contributed by atoms with Crippen molar-refractivity contribution in [2.45, 2.75) is 35.5 Å². The molecule has 8 nitrogen and oxygen atoms in total. The van der Waals surface area contributed by atoms with Gasteiger partial charge in [-0.3, -0.25) is 0 Å². The fourth-order valence-electron chi connectivity index (χ4n) is 2.93. The first kappa shape index (κ1) is 20.8. The molecule has 4 rings (SSSR count).